The smallest absolute Gasteiger partial charge is 0.243 e. The molecule has 1 aromatic carbocycles. The summed E-state index contributed by atoms with van der Waals surface area (Å²) in [5.74, 6) is -0.103. The van der Waals surface area contributed by atoms with Gasteiger partial charge in [-0.15, -0.1) is 0 Å². The predicted octanol–water partition coefficient (Wildman–Crippen LogP) is -0.274. The molecule has 0 bridgehead atoms. The van der Waals surface area contributed by atoms with Crippen LogP contribution in [0, 0.1) is 0 Å². The van der Waals surface area contributed by atoms with Crippen molar-refractivity contribution in [2.75, 3.05) is 20.2 Å². The fourth-order valence-electron chi connectivity index (χ4n) is 2.93. The van der Waals surface area contributed by atoms with Crippen molar-refractivity contribution < 1.29 is 22.7 Å². The van der Waals surface area contributed by atoms with E-state index < -0.39 is 22.1 Å². The third-order valence-electron chi connectivity index (χ3n) is 4.09. The van der Waals surface area contributed by atoms with Crippen LogP contribution in [0.1, 0.15) is 6.42 Å². The van der Waals surface area contributed by atoms with Crippen LogP contribution in [0.5, 0.6) is 5.75 Å². The molecule has 0 unspecified atom stereocenters. The minimum absolute atomic E-state index is 0.00560. The van der Waals surface area contributed by atoms with Crippen molar-refractivity contribution in [1.29, 1.82) is 0 Å². The Morgan fingerprint density at radius 3 is 2.75 bits per heavy atom. The number of carbonyl (C=O) groups excluding carboxylic acids is 2. The summed E-state index contributed by atoms with van der Waals surface area (Å²) in [4.78, 5) is 25.0. The van der Waals surface area contributed by atoms with Gasteiger partial charge < -0.3 is 15.0 Å². The van der Waals surface area contributed by atoms with Crippen molar-refractivity contribution in [3.63, 3.8) is 0 Å². The Hall–Kier alpha value is -1.84. The van der Waals surface area contributed by atoms with Gasteiger partial charge >= 0.3 is 0 Å². The summed E-state index contributed by atoms with van der Waals surface area (Å²) in [5.41, 5.74) is 0. The molecular formula is C14H16ClN3O5S. The van der Waals surface area contributed by atoms with E-state index in [2.05, 4.69) is 10.0 Å². The first-order valence-electron chi connectivity index (χ1n) is 7.25. The van der Waals surface area contributed by atoms with Gasteiger partial charge in [-0.1, -0.05) is 11.6 Å². The van der Waals surface area contributed by atoms with E-state index >= 15 is 0 Å². The number of piperazine rings is 1. The lowest BCUT2D eigenvalue weighted by Gasteiger charge is -2.28. The Morgan fingerprint density at radius 2 is 2.12 bits per heavy atom. The van der Waals surface area contributed by atoms with E-state index in [4.69, 9.17) is 16.3 Å². The van der Waals surface area contributed by atoms with Crippen molar-refractivity contribution in [3.8, 4) is 5.75 Å². The maximum absolute atomic E-state index is 12.5. The molecule has 2 amide bonds. The molecule has 0 spiro atoms. The highest BCUT2D eigenvalue weighted by molar-refractivity contribution is 7.89. The van der Waals surface area contributed by atoms with Crippen molar-refractivity contribution in [1.82, 2.24) is 14.9 Å². The first-order valence-corrected chi connectivity index (χ1v) is 9.11. The normalized spacial score (nSPS) is 23.8. The SMILES string of the molecule is COc1ccc(S(=O)(=O)N[C@H]2C[C@H]3C(=O)NCC(=O)N3C2)cc1Cl. The molecule has 1 aromatic rings. The molecule has 0 saturated carbocycles. The third-order valence-corrected chi connectivity index (χ3v) is 5.91. The van der Waals surface area contributed by atoms with Crippen LogP contribution in [0.2, 0.25) is 5.02 Å². The van der Waals surface area contributed by atoms with Crippen molar-refractivity contribution in [3.05, 3.63) is 23.2 Å². The standard InChI is InChI=1S/C14H16ClN3O5S/c1-23-12-3-2-9(5-10(12)15)24(21,22)17-8-4-11-14(20)16-6-13(19)18(11)7-8/h2-3,5,8,11,17H,4,6-7H2,1H3,(H,16,20)/t8-,11-/m0/s1. The number of amides is 2. The number of fused-ring (bicyclic) bond motifs is 1. The maximum Gasteiger partial charge on any atom is 0.243 e. The summed E-state index contributed by atoms with van der Waals surface area (Å²) in [6.45, 7) is 0.114. The molecule has 0 radical (unpaired) electrons. The number of halogens is 1. The molecule has 130 valence electrons. The highest BCUT2D eigenvalue weighted by atomic mass is 35.5. The second-order valence-corrected chi connectivity index (χ2v) is 7.75. The van der Waals surface area contributed by atoms with Crippen LogP contribution < -0.4 is 14.8 Å². The summed E-state index contributed by atoms with van der Waals surface area (Å²) >= 11 is 5.97. The highest BCUT2D eigenvalue weighted by Gasteiger charge is 2.43. The Balaban J connectivity index is 1.77. The number of methoxy groups -OCH3 is 1. The lowest BCUT2D eigenvalue weighted by Crippen LogP contribution is -2.55. The molecule has 0 aliphatic carbocycles. The molecule has 2 aliphatic heterocycles. The van der Waals surface area contributed by atoms with Gasteiger partial charge in [0.2, 0.25) is 21.8 Å². The second-order valence-electron chi connectivity index (χ2n) is 5.63. The van der Waals surface area contributed by atoms with Crippen LogP contribution in [0.4, 0.5) is 0 Å². The molecule has 2 fully saturated rings. The lowest BCUT2D eigenvalue weighted by molar-refractivity contribution is -0.143. The number of benzene rings is 1. The second kappa shape index (κ2) is 6.23. The average Bonchev–Trinajstić information content (AvgIpc) is 2.95. The summed E-state index contributed by atoms with van der Waals surface area (Å²) in [6.07, 6.45) is 0.237. The molecule has 2 N–H and O–H groups in total. The molecule has 3 rings (SSSR count). The van der Waals surface area contributed by atoms with Gasteiger partial charge in [-0.05, 0) is 24.6 Å². The first kappa shape index (κ1) is 17.0. The van der Waals surface area contributed by atoms with Crippen LogP contribution in [-0.4, -0.2) is 57.4 Å². The number of nitrogens with zero attached hydrogens (tertiary/aromatic N) is 1. The minimum atomic E-state index is -3.83. The van der Waals surface area contributed by atoms with Gasteiger partial charge in [-0.2, -0.15) is 0 Å². The quantitative estimate of drug-likeness (QED) is 0.755. The number of ether oxygens (including phenoxy) is 1. The van der Waals surface area contributed by atoms with Crippen LogP contribution >= 0.6 is 11.6 Å². The fourth-order valence-corrected chi connectivity index (χ4v) is 4.52. The largest absolute Gasteiger partial charge is 0.495 e. The van der Waals surface area contributed by atoms with E-state index in [1.165, 1.54) is 30.2 Å². The molecular weight excluding hydrogens is 358 g/mol. The summed E-state index contributed by atoms with van der Waals surface area (Å²) in [6, 6.07) is 2.98. The maximum atomic E-state index is 12.5. The summed E-state index contributed by atoms with van der Waals surface area (Å²) < 4.78 is 32.5. The third kappa shape index (κ3) is 3.06. The Bertz CT molecular complexity index is 774. The Labute approximate surface area is 144 Å². The molecule has 2 atom stereocenters. The monoisotopic (exact) mass is 373 g/mol. The molecule has 24 heavy (non-hydrogen) atoms. The number of sulfonamides is 1. The van der Waals surface area contributed by atoms with Gasteiger partial charge in [0.05, 0.1) is 23.6 Å². The fraction of sp³-hybridized carbons (Fsp3) is 0.429. The lowest BCUT2D eigenvalue weighted by atomic mass is 10.1. The summed E-state index contributed by atoms with van der Waals surface area (Å²) in [7, 11) is -2.39. The topological polar surface area (TPSA) is 105 Å². The van der Waals surface area contributed by atoms with Crippen molar-refractivity contribution in [2.24, 2.45) is 0 Å². The van der Waals surface area contributed by atoms with E-state index in [1.54, 1.807) is 0 Å². The van der Waals surface area contributed by atoms with Crippen LogP contribution in [0.15, 0.2) is 23.1 Å². The average molecular weight is 374 g/mol. The zero-order valence-corrected chi connectivity index (χ0v) is 14.4. The van der Waals surface area contributed by atoms with E-state index in [1.807, 2.05) is 0 Å². The Kier molecular flexibility index (Phi) is 4.41. The van der Waals surface area contributed by atoms with Gasteiger partial charge in [-0.25, -0.2) is 13.1 Å². The van der Waals surface area contributed by atoms with Gasteiger partial charge in [-0.3, -0.25) is 9.59 Å². The summed E-state index contributed by atoms with van der Waals surface area (Å²) in [5, 5.41) is 2.68. The van der Waals surface area contributed by atoms with E-state index in [0.29, 0.717) is 5.75 Å². The van der Waals surface area contributed by atoms with Crippen LogP contribution in [-0.2, 0) is 19.6 Å². The number of hydrogen-bond acceptors (Lipinski definition) is 5. The molecule has 2 aliphatic rings. The molecule has 8 nitrogen and oxygen atoms in total. The van der Waals surface area contributed by atoms with E-state index in [0.717, 1.165) is 0 Å². The van der Waals surface area contributed by atoms with Crippen LogP contribution in [0.25, 0.3) is 0 Å². The molecule has 0 aromatic heterocycles. The van der Waals surface area contributed by atoms with Crippen LogP contribution in [0.3, 0.4) is 0 Å². The van der Waals surface area contributed by atoms with Crippen molar-refractivity contribution in [2.45, 2.75) is 23.4 Å². The van der Waals surface area contributed by atoms with Crippen molar-refractivity contribution >= 4 is 33.4 Å². The molecule has 2 heterocycles. The van der Waals surface area contributed by atoms with Gasteiger partial charge in [0.15, 0.2) is 0 Å². The zero-order valence-electron chi connectivity index (χ0n) is 12.8. The number of hydrogen-bond donors (Lipinski definition) is 2. The number of rotatable bonds is 4. The van der Waals surface area contributed by atoms with E-state index in [9.17, 15) is 18.0 Å². The van der Waals surface area contributed by atoms with Gasteiger partial charge in [0.25, 0.3) is 0 Å². The highest BCUT2D eigenvalue weighted by Crippen LogP contribution is 2.28. The minimum Gasteiger partial charge on any atom is -0.495 e. The number of nitrogens with one attached hydrogen (secondary N) is 2. The van der Waals surface area contributed by atoms with Gasteiger partial charge in [0, 0.05) is 12.6 Å². The molecule has 10 heteroatoms. The first-order chi connectivity index (χ1) is 11.3. The van der Waals surface area contributed by atoms with E-state index in [-0.39, 0.29) is 41.2 Å². The number of carbonyl (C=O) groups is 2. The Morgan fingerprint density at radius 1 is 1.38 bits per heavy atom. The van der Waals surface area contributed by atoms with Gasteiger partial charge in [0.1, 0.15) is 11.8 Å². The predicted molar refractivity (Wildman–Crippen MR) is 85.2 cm³/mol. The molecule has 2 saturated heterocycles. The zero-order chi connectivity index (χ0) is 17.5.